The summed E-state index contributed by atoms with van der Waals surface area (Å²) in [5, 5.41) is 3.02. The smallest absolute Gasteiger partial charge is 0.387 e. The fourth-order valence-electron chi connectivity index (χ4n) is 1.62. The summed E-state index contributed by atoms with van der Waals surface area (Å²) in [6, 6.07) is 9.98. The van der Waals surface area contributed by atoms with Crippen molar-refractivity contribution in [3.8, 4) is 5.75 Å². The third kappa shape index (κ3) is 4.06. The second-order valence-corrected chi connectivity index (χ2v) is 4.53. The molecule has 0 atom stereocenters. The molecule has 110 valence electrons. The van der Waals surface area contributed by atoms with E-state index in [2.05, 4.69) is 10.1 Å². The van der Waals surface area contributed by atoms with E-state index in [0.717, 1.165) is 0 Å². The summed E-state index contributed by atoms with van der Waals surface area (Å²) >= 11 is 5.82. The van der Waals surface area contributed by atoms with E-state index in [-0.39, 0.29) is 11.3 Å². The number of hydrogen-bond donors (Lipinski definition) is 2. The molecule has 0 heterocycles. The van der Waals surface area contributed by atoms with Crippen LogP contribution in [0, 0.1) is 0 Å². The lowest BCUT2D eigenvalue weighted by molar-refractivity contribution is -0.0498. The number of carbonyl (C=O) groups excluding carboxylic acids is 1. The van der Waals surface area contributed by atoms with Crippen molar-refractivity contribution in [3.63, 3.8) is 0 Å². The van der Waals surface area contributed by atoms with Crippen LogP contribution in [0.4, 0.5) is 20.2 Å². The average molecular weight is 313 g/mol. The number of halogens is 3. The van der Waals surface area contributed by atoms with E-state index in [1.165, 1.54) is 30.3 Å². The first-order valence-corrected chi connectivity index (χ1v) is 6.25. The molecule has 1 amide bonds. The van der Waals surface area contributed by atoms with Crippen molar-refractivity contribution in [3.05, 3.63) is 53.1 Å². The lowest BCUT2D eigenvalue weighted by atomic mass is 10.2. The molecule has 0 spiro atoms. The van der Waals surface area contributed by atoms with Gasteiger partial charge in [0, 0.05) is 10.6 Å². The van der Waals surface area contributed by atoms with E-state index < -0.39 is 12.5 Å². The quantitative estimate of drug-likeness (QED) is 0.845. The molecule has 0 aliphatic rings. The van der Waals surface area contributed by atoms with E-state index in [4.69, 9.17) is 17.3 Å². The maximum atomic E-state index is 12.0. The van der Waals surface area contributed by atoms with Gasteiger partial charge in [-0.25, -0.2) is 0 Å². The topological polar surface area (TPSA) is 64.3 Å². The van der Waals surface area contributed by atoms with Gasteiger partial charge < -0.3 is 15.8 Å². The molecule has 21 heavy (non-hydrogen) atoms. The molecule has 2 aromatic carbocycles. The normalized spacial score (nSPS) is 10.5. The zero-order valence-electron chi connectivity index (χ0n) is 10.6. The van der Waals surface area contributed by atoms with E-state index in [1.54, 1.807) is 12.1 Å². The summed E-state index contributed by atoms with van der Waals surface area (Å²) in [6.07, 6.45) is 0. The lowest BCUT2D eigenvalue weighted by Gasteiger charge is -2.09. The van der Waals surface area contributed by atoms with Crippen molar-refractivity contribution in [1.29, 1.82) is 0 Å². The molecule has 3 N–H and O–H groups in total. The molecule has 0 aliphatic heterocycles. The van der Waals surface area contributed by atoms with Gasteiger partial charge in [-0.15, -0.1) is 0 Å². The standard InChI is InChI=1S/C14H11ClF2N2O2/c15-9-3-6-11(18)12(7-9)19-13(20)8-1-4-10(5-2-8)21-14(16)17/h1-7,14H,18H2,(H,19,20). The molecule has 0 aromatic heterocycles. The summed E-state index contributed by atoms with van der Waals surface area (Å²) in [6.45, 7) is -2.91. The Morgan fingerprint density at radius 3 is 2.48 bits per heavy atom. The number of hydrogen-bond acceptors (Lipinski definition) is 3. The predicted octanol–water partition coefficient (Wildman–Crippen LogP) is 3.78. The summed E-state index contributed by atoms with van der Waals surface area (Å²) in [5.41, 5.74) is 6.73. The van der Waals surface area contributed by atoms with Crippen LogP contribution in [0.1, 0.15) is 10.4 Å². The van der Waals surface area contributed by atoms with Crippen molar-refractivity contribution in [2.24, 2.45) is 0 Å². The maximum absolute atomic E-state index is 12.0. The highest BCUT2D eigenvalue weighted by atomic mass is 35.5. The molecule has 7 heteroatoms. The van der Waals surface area contributed by atoms with Crippen LogP contribution in [0.2, 0.25) is 5.02 Å². The van der Waals surface area contributed by atoms with Gasteiger partial charge in [0.05, 0.1) is 11.4 Å². The highest BCUT2D eigenvalue weighted by molar-refractivity contribution is 6.31. The highest BCUT2D eigenvalue weighted by Gasteiger charge is 2.10. The Balaban J connectivity index is 2.11. The molecule has 4 nitrogen and oxygen atoms in total. The summed E-state index contributed by atoms with van der Waals surface area (Å²) < 4.78 is 28.2. The Bertz CT molecular complexity index is 648. The number of benzene rings is 2. The Morgan fingerprint density at radius 2 is 1.86 bits per heavy atom. The number of carbonyl (C=O) groups is 1. The van der Waals surface area contributed by atoms with Gasteiger partial charge in [0.15, 0.2) is 0 Å². The molecular formula is C14H11ClF2N2O2. The van der Waals surface area contributed by atoms with Crippen molar-refractivity contribution in [2.75, 3.05) is 11.1 Å². The van der Waals surface area contributed by atoms with Crippen LogP contribution >= 0.6 is 11.6 Å². The molecule has 0 saturated heterocycles. The van der Waals surface area contributed by atoms with Crippen LogP contribution in [-0.2, 0) is 0 Å². The SMILES string of the molecule is Nc1ccc(Cl)cc1NC(=O)c1ccc(OC(F)F)cc1. The zero-order valence-corrected chi connectivity index (χ0v) is 11.4. The van der Waals surface area contributed by atoms with Crippen molar-refractivity contribution in [2.45, 2.75) is 6.61 Å². The predicted molar refractivity (Wildman–Crippen MR) is 76.9 cm³/mol. The number of alkyl halides is 2. The molecule has 0 unspecified atom stereocenters. The number of nitrogens with one attached hydrogen (secondary N) is 1. The fourth-order valence-corrected chi connectivity index (χ4v) is 1.79. The largest absolute Gasteiger partial charge is 0.435 e. The van der Waals surface area contributed by atoms with Gasteiger partial charge in [0.2, 0.25) is 0 Å². The Morgan fingerprint density at radius 1 is 1.19 bits per heavy atom. The number of ether oxygens (including phenoxy) is 1. The molecule has 0 radical (unpaired) electrons. The minimum absolute atomic E-state index is 0.0242. The highest BCUT2D eigenvalue weighted by Crippen LogP contribution is 2.24. The Kier molecular flexibility index (Phi) is 4.59. The van der Waals surface area contributed by atoms with E-state index in [9.17, 15) is 13.6 Å². The average Bonchev–Trinajstić information content (AvgIpc) is 2.43. The van der Waals surface area contributed by atoms with E-state index >= 15 is 0 Å². The zero-order chi connectivity index (χ0) is 15.4. The van der Waals surface area contributed by atoms with Gasteiger partial charge >= 0.3 is 6.61 Å². The van der Waals surface area contributed by atoms with E-state index in [1.807, 2.05) is 0 Å². The van der Waals surface area contributed by atoms with Gasteiger partial charge in [-0.3, -0.25) is 4.79 Å². The minimum Gasteiger partial charge on any atom is -0.435 e. The maximum Gasteiger partial charge on any atom is 0.387 e. The lowest BCUT2D eigenvalue weighted by Crippen LogP contribution is -2.13. The molecule has 0 aliphatic carbocycles. The van der Waals surface area contributed by atoms with Crippen LogP contribution in [-0.4, -0.2) is 12.5 Å². The van der Waals surface area contributed by atoms with Gasteiger partial charge in [-0.2, -0.15) is 8.78 Å². The number of amides is 1. The molecule has 0 fully saturated rings. The molecule has 2 rings (SSSR count). The third-order valence-corrected chi connectivity index (χ3v) is 2.84. The first-order valence-electron chi connectivity index (χ1n) is 5.87. The first-order chi connectivity index (χ1) is 9.95. The van der Waals surface area contributed by atoms with Crippen molar-refractivity contribution >= 4 is 28.9 Å². The van der Waals surface area contributed by atoms with Crippen molar-refractivity contribution < 1.29 is 18.3 Å². The molecular weight excluding hydrogens is 302 g/mol. The second-order valence-electron chi connectivity index (χ2n) is 4.09. The number of nitrogen functional groups attached to an aromatic ring is 1. The molecule has 2 aromatic rings. The summed E-state index contributed by atoms with van der Waals surface area (Å²) in [7, 11) is 0. The van der Waals surface area contributed by atoms with Gasteiger partial charge in [-0.1, -0.05) is 11.6 Å². The number of nitrogens with two attached hydrogens (primary N) is 1. The van der Waals surface area contributed by atoms with Gasteiger partial charge in [-0.05, 0) is 42.5 Å². The molecule has 0 bridgehead atoms. The Labute approximate surface area is 124 Å². The van der Waals surface area contributed by atoms with Crippen LogP contribution in [0.5, 0.6) is 5.75 Å². The van der Waals surface area contributed by atoms with Crippen LogP contribution in [0.25, 0.3) is 0 Å². The summed E-state index contributed by atoms with van der Waals surface area (Å²) in [5.74, 6) is -0.462. The number of anilines is 2. The monoisotopic (exact) mass is 312 g/mol. The van der Waals surface area contributed by atoms with Gasteiger partial charge in [0.25, 0.3) is 5.91 Å². The first kappa shape index (κ1) is 15.1. The number of rotatable bonds is 4. The minimum atomic E-state index is -2.91. The van der Waals surface area contributed by atoms with E-state index in [0.29, 0.717) is 16.4 Å². The van der Waals surface area contributed by atoms with Gasteiger partial charge in [0.1, 0.15) is 5.75 Å². The summed E-state index contributed by atoms with van der Waals surface area (Å²) in [4.78, 5) is 12.0. The van der Waals surface area contributed by atoms with Crippen LogP contribution in [0.15, 0.2) is 42.5 Å². The molecule has 0 saturated carbocycles. The fraction of sp³-hybridized carbons (Fsp3) is 0.0714. The Hall–Kier alpha value is -2.34. The third-order valence-electron chi connectivity index (χ3n) is 2.61. The van der Waals surface area contributed by atoms with Crippen molar-refractivity contribution in [1.82, 2.24) is 0 Å². The van der Waals surface area contributed by atoms with Crippen LogP contribution in [0.3, 0.4) is 0 Å². The van der Waals surface area contributed by atoms with Crippen LogP contribution < -0.4 is 15.8 Å². The second kappa shape index (κ2) is 6.41.